The standard InChI is InChI=1S/C13H16N2O3/c1-2-3-12(16)15-10-6-4-9(5-7-10)11-8-14-13(17)18-11/h4-7,11H,2-3,8H2,1H3,(H,14,17)(H,15,16). The highest BCUT2D eigenvalue weighted by Crippen LogP contribution is 2.22. The third kappa shape index (κ3) is 3.00. The molecule has 2 N–H and O–H groups in total. The second-order valence-corrected chi connectivity index (χ2v) is 4.20. The monoisotopic (exact) mass is 248 g/mol. The Kier molecular flexibility index (Phi) is 3.82. The van der Waals surface area contributed by atoms with E-state index < -0.39 is 0 Å². The van der Waals surface area contributed by atoms with Gasteiger partial charge in [-0.2, -0.15) is 0 Å². The fraction of sp³-hybridized carbons (Fsp3) is 0.385. The lowest BCUT2D eigenvalue weighted by Gasteiger charge is -2.09. The molecule has 5 nitrogen and oxygen atoms in total. The number of ether oxygens (including phenoxy) is 1. The van der Waals surface area contributed by atoms with Crippen molar-refractivity contribution in [2.24, 2.45) is 0 Å². The summed E-state index contributed by atoms with van der Waals surface area (Å²) in [5.41, 5.74) is 1.68. The van der Waals surface area contributed by atoms with Gasteiger partial charge in [0.25, 0.3) is 0 Å². The van der Waals surface area contributed by atoms with Gasteiger partial charge in [0.2, 0.25) is 5.91 Å². The molecule has 2 rings (SSSR count). The molecule has 0 saturated carbocycles. The first-order chi connectivity index (χ1) is 8.69. The summed E-state index contributed by atoms with van der Waals surface area (Å²) in [6.45, 7) is 2.45. The van der Waals surface area contributed by atoms with Gasteiger partial charge in [-0.25, -0.2) is 4.79 Å². The number of carbonyl (C=O) groups is 2. The molecule has 1 saturated heterocycles. The summed E-state index contributed by atoms with van der Waals surface area (Å²) in [7, 11) is 0. The van der Waals surface area contributed by atoms with Gasteiger partial charge in [0, 0.05) is 12.1 Å². The minimum atomic E-state index is -0.389. The van der Waals surface area contributed by atoms with Crippen LogP contribution in [0.5, 0.6) is 0 Å². The molecule has 1 aromatic carbocycles. The maximum atomic E-state index is 11.4. The normalized spacial score (nSPS) is 18.1. The molecule has 96 valence electrons. The number of carbonyl (C=O) groups excluding carboxylic acids is 2. The summed E-state index contributed by atoms with van der Waals surface area (Å²) >= 11 is 0. The molecule has 1 atom stereocenters. The van der Waals surface area contributed by atoms with E-state index in [1.54, 1.807) is 0 Å². The molecule has 0 aliphatic carbocycles. The summed E-state index contributed by atoms with van der Waals surface area (Å²) in [6, 6.07) is 7.34. The molecule has 1 unspecified atom stereocenters. The molecule has 0 bridgehead atoms. The van der Waals surface area contributed by atoms with Gasteiger partial charge in [-0.1, -0.05) is 19.1 Å². The summed E-state index contributed by atoms with van der Waals surface area (Å²) in [4.78, 5) is 22.3. The molecular weight excluding hydrogens is 232 g/mol. The van der Waals surface area contributed by atoms with Crippen molar-refractivity contribution in [3.05, 3.63) is 29.8 Å². The molecule has 0 radical (unpaired) electrons. The summed E-state index contributed by atoms with van der Waals surface area (Å²) < 4.78 is 5.07. The van der Waals surface area contributed by atoms with Gasteiger partial charge in [-0.15, -0.1) is 0 Å². The molecule has 1 aromatic rings. The second-order valence-electron chi connectivity index (χ2n) is 4.20. The number of cyclic esters (lactones) is 1. The molecule has 0 aromatic heterocycles. The lowest BCUT2D eigenvalue weighted by atomic mass is 10.1. The van der Waals surface area contributed by atoms with Gasteiger partial charge < -0.3 is 15.4 Å². The Morgan fingerprint density at radius 3 is 2.72 bits per heavy atom. The summed E-state index contributed by atoms with van der Waals surface area (Å²) in [5.74, 6) is 0.0132. The van der Waals surface area contributed by atoms with Crippen LogP contribution in [-0.2, 0) is 9.53 Å². The van der Waals surface area contributed by atoms with Crippen LogP contribution in [0.25, 0.3) is 0 Å². The molecule has 18 heavy (non-hydrogen) atoms. The molecule has 1 fully saturated rings. The molecule has 1 heterocycles. The van der Waals surface area contributed by atoms with Crippen LogP contribution >= 0.6 is 0 Å². The van der Waals surface area contributed by atoms with Gasteiger partial charge >= 0.3 is 6.09 Å². The van der Waals surface area contributed by atoms with Gasteiger partial charge in [-0.05, 0) is 24.1 Å². The van der Waals surface area contributed by atoms with Gasteiger partial charge in [0.1, 0.15) is 6.10 Å². The number of benzene rings is 1. The van der Waals surface area contributed by atoms with E-state index >= 15 is 0 Å². The Balaban J connectivity index is 1.97. The zero-order chi connectivity index (χ0) is 13.0. The predicted molar refractivity (Wildman–Crippen MR) is 67.2 cm³/mol. The number of rotatable bonds is 4. The van der Waals surface area contributed by atoms with Gasteiger partial charge in [0.05, 0.1) is 6.54 Å². The zero-order valence-corrected chi connectivity index (χ0v) is 10.2. The molecule has 5 heteroatoms. The van der Waals surface area contributed by atoms with E-state index in [9.17, 15) is 9.59 Å². The van der Waals surface area contributed by atoms with E-state index in [-0.39, 0.29) is 18.1 Å². The quantitative estimate of drug-likeness (QED) is 0.858. The summed E-state index contributed by atoms with van der Waals surface area (Å²) in [6.07, 6.45) is 0.720. The van der Waals surface area contributed by atoms with Gasteiger partial charge in [-0.3, -0.25) is 4.79 Å². The Bertz CT molecular complexity index is 442. The predicted octanol–water partition coefficient (Wildman–Crippen LogP) is 2.21. The number of nitrogens with one attached hydrogen (secondary N) is 2. The average Bonchev–Trinajstić information content (AvgIpc) is 2.77. The van der Waals surface area contributed by atoms with Crippen LogP contribution in [0.1, 0.15) is 31.4 Å². The Morgan fingerprint density at radius 2 is 2.17 bits per heavy atom. The third-order valence-corrected chi connectivity index (χ3v) is 2.72. The van der Waals surface area contributed by atoms with Crippen molar-refractivity contribution in [1.29, 1.82) is 0 Å². The van der Waals surface area contributed by atoms with Crippen molar-refractivity contribution in [3.63, 3.8) is 0 Å². The maximum Gasteiger partial charge on any atom is 0.407 e. The van der Waals surface area contributed by atoms with Crippen molar-refractivity contribution in [1.82, 2.24) is 5.32 Å². The Morgan fingerprint density at radius 1 is 1.44 bits per heavy atom. The van der Waals surface area contributed by atoms with Crippen LogP contribution in [0.2, 0.25) is 0 Å². The number of hydrogen-bond acceptors (Lipinski definition) is 3. The van der Waals surface area contributed by atoms with Crippen LogP contribution in [-0.4, -0.2) is 18.5 Å². The van der Waals surface area contributed by atoms with Crippen molar-refractivity contribution in [3.8, 4) is 0 Å². The minimum Gasteiger partial charge on any atom is -0.439 e. The van der Waals surface area contributed by atoms with Crippen molar-refractivity contribution in [2.45, 2.75) is 25.9 Å². The molecular formula is C13H16N2O3. The fourth-order valence-electron chi connectivity index (χ4n) is 1.81. The van der Waals surface area contributed by atoms with E-state index in [2.05, 4.69) is 10.6 Å². The maximum absolute atomic E-state index is 11.4. The van der Waals surface area contributed by atoms with E-state index in [4.69, 9.17) is 4.74 Å². The smallest absolute Gasteiger partial charge is 0.407 e. The first-order valence-electron chi connectivity index (χ1n) is 6.03. The Hall–Kier alpha value is -2.04. The first-order valence-corrected chi connectivity index (χ1v) is 6.03. The molecule has 1 aliphatic heterocycles. The molecule has 1 aliphatic rings. The highest BCUT2D eigenvalue weighted by atomic mass is 16.6. The first kappa shape index (κ1) is 12.4. The lowest BCUT2D eigenvalue weighted by molar-refractivity contribution is -0.116. The number of alkyl carbamates (subject to hydrolysis) is 1. The Labute approximate surface area is 106 Å². The zero-order valence-electron chi connectivity index (χ0n) is 10.2. The van der Waals surface area contributed by atoms with E-state index in [1.807, 2.05) is 31.2 Å². The molecule has 0 spiro atoms. The fourth-order valence-corrected chi connectivity index (χ4v) is 1.81. The van der Waals surface area contributed by atoms with Crippen LogP contribution in [0.15, 0.2) is 24.3 Å². The van der Waals surface area contributed by atoms with Crippen LogP contribution < -0.4 is 10.6 Å². The number of anilines is 1. The lowest BCUT2D eigenvalue weighted by Crippen LogP contribution is -2.12. The average molecular weight is 248 g/mol. The number of hydrogen-bond donors (Lipinski definition) is 2. The van der Waals surface area contributed by atoms with E-state index in [0.29, 0.717) is 13.0 Å². The highest BCUT2D eigenvalue weighted by Gasteiger charge is 2.23. The second kappa shape index (κ2) is 5.53. The van der Waals surface area contributed by atoms with Gasteiger partial charge in [0.15, 0.2) is 0 Å². The van der Waals surface area contributed by atoms with Crippen LogP contribution in [0.3, 0.4) is 0 Å². The third-order valence-electron chi connectivity index (χ3n) is 2.72. The summed E-state index contributed by atoms with van der Waals surface area (Å²) in [5, 5.41) is 5.41. The van der Waals surface area contributed by atoms with E-state index in [1.165, 1.54) is 0 Å². The van der Waals surface area contributed by atoms with Crippen LogP contribution in [0.4, 0.5) is 10.5 Å². The van der Waals surface area contributed by atoms with Crippen LogP contribution in [0, 0.1) is 0 Å². The van der Waals surface area contributed by atoms with E-state index in [0.717, 1.165) is 17.7 Å². The number of amides is 2. The molecule has 2 amide bonds. The largest absolute Gasteiger partial charge is 0.439 e. The topological polar surface area (TPSA) is 67.4 Å². The van der Waals surface area contributed by atoms with Crippen molar-refractivity contribution < 1.29 is 14.3 Å². The highest BCUT2D eigenvalue weighted by molar-refractivity contribution is 5.90. The van der Waals surface area contributed by atoms with Crippen molar-refractivity contribution >= 4 is 17.7 Å². The van der Waals surface area contributed by atoms with Crippen molar-refractivity contribution in [2.75, 3.05) is 11.9 Å². The minimum absolute atomic E-state index is 0.0132. The SMILES string of the molecule is CCCC(=O)Nc1ccc(C2CNC(=O)O2)cc1.